The fourth-order valence-corrected chi connectivity index (χ4v) is 5.00. The van der Waals surface area contributed by atoms with Crippen LogP contribution in [0.2, 0.25) is 0 Å². The Balaban J connectivity index is 2.20. The molecular formula is C24H41NO7S2. The highest BCUT2D eigenvalue weighted by Crippen LogP contribution is 2.22. The second kappa shape index (κ2) is 16.2. The second-order valence-electron chi connectivity index (χ2n) is 8.89. The molecule has 0 heterocycles. The highest BCUT2D eigenvalue weighted by molar-refractivity contribution is 7.86. The Bertz CT molecular complexity index is 894. The highest BCUT2D eigenvalue weighted by Gasteiger charge is 2.19. The molecule has 8 nitrogen and oxygen atoms in total. The molecule has 1 rings (SSSR count). The number of rotatable bonds is 19. The number of amides is 1. The molecule has 0 spiro atoms. The van der Waals surface area contributed by atoms with Crippen LogP contribution in [-0.4, -0.2) is 31.8 Å². The lowest BCUT2D eigenvalue weighted by molar-refractivity contribution is -0.116. The molecule has 1 amide bonds. The van der Waals surface area contributed by atoms with Crippen molar-refractivity contribution in [3.8, 4) is 0 Å². The second-order valence-corrected chi connectivity index (χ2v) is 11.7. The number of carbonyl (C=O) groups excluding carboxylic acids is 1. The van der Waals surface area contributed by atoms with Crippen molar-refractivity contribution in [1.29, 1.82) is 0 Å². The standard InChI is InChI=1S/C24H41NO7S2/c1-2-3-4-5-6-7-8-9-10-11-12-13-14-15-16-17-24(26)25-21-18-22(33(27,28)29)20-23(19-21)34(30,31)32/h18-20H,2-17H2,1H3,(H,25,26)(H,27,28,29)(H,30,31,32). The van der Waals surface area contributed by atoms with E-state index in [4.69, 9.17) is 0 Å². The zero-order valence-electron chi connectivity index (χ0n) is 20.3. The van der Waals surface area contributed by atoms with Crippen LogP contribution >= 0.6 is 0 Å². The Hall–Kier alpha value is -1.49. The monoisotopic (exact) mass is 519 g/mol. The van der Waals surface area contributed by atoms with Crippen LogP contribution < -0.4 is 5.32 Å². The molecule has 1 aromatic carbocycles. The minimum atomic E-state index is -4.71. The number of benzene rings is 1. The van der Waals surface area contributed by atoms with E-state index in [1.165, 1.54) is 70.6 Å². The average Bonchev–Trinajstić information content (AvgIpc) is 2.75. The van der Waals surface area contributed by atoms with E-state index in [2.05, 4.69) is 12.2 Å². The van der Waals surface area contributed by atoms with Gasteiger partial charge in [-0.1, -0.05) is 96.8 Å². The first-order valence-electron chi connectivity index (χ1n) is 12.4. The van der Waals surface area contributed by atoms with Crippen molar-refractivity contribution >= 4 is 31.8 Å². The van der Waals surface area contributed by atoms with E-state index in [0.29, 0.717) is 12.5 Å². The first-order chi connectivity index (χ1) is 16.0. The van der Waals surface area contributed by atoms with E-state index < -0.39 is 35.9 Å². The van der Waals surface area contributed by atoms with Gasteiger partial charge in [0.2, 0.25) is 5.91 Å². The summed E-state index contributed by atoms with van der Waals surface area (Å²) in [6.45, 7) is 2.24. The zero-order valence-corrected chi connectivity index (χ0v) is 21.9. The fraction of sp³-hybridized carbons (Fsp3) is 0.708. The van der Waals surface area contributed by atoms with Crippen LogP contribution in [0.4, 0.5) is 5.69 Å². The maximum atomic E-state index is 12.1. The lowest BCUT2D eigenvalue weighted by Crippen LogP contribution is -2.13. The van der Waals surface area contributed by atoms with Crippen molar-refractivity contribution in [3.05, 3.63) is 18.2 Å². The first kappa shape index (κ1) is 30.5. The van der Waals surface area contributed by atoms with Crippen molar-refractivity contribution < 1.29 is 30.7 Å². The topological polar surface area (TPSA) is 138 Å². The largest absolute Gasteiger partial charge is 0.326 e. The first-order valence-corrected chi connectivity index (χ1v) is 15.3. The molecule has 0 bridgehead atoms. The Morgan fingerprint density at radius 3 is 1.35 bits per heavy atom. The molecule has 196 valence electrons. The fourth-order valence-electron chi connectivity index (χ4n) is 3.82. The maximum Gasteiger partial charge on any atom is 0.294 e. The lowest BCUT2D eigenvalue weighted by atomic mass is 10.0. The predicted molar refractivity (Wildman–Crippen MR) is 134 cm³/mol. The van der Waals surface area contributed by atoms with Crippen LogP contribution in [-0.2, 0) is 25.0 Å². The molecule has 0 saturated carbocycles. The number of nitrogens with one attached hydrogen (secondary N) is 1. The van der Waals surface area contributed by atoms with E-state index in [0.717, 1.165) is 31.4 Å². The molecule has 1 aromatic rings. The predicted octanol–water partition coefficient (Wildman–Crippen LogP) is 6.38. The minimum Gasteiger partial charge on any atom is -0.326 e. The molecule has 0 fully saturated rings. The third kappa shape index (κ3) is 14.0. The van der Waals surface area contributed by atoms with Crippen molar-refractivity contribution in [2.75, 3.05) is 5.32 Å². The molecule has 0 aliphatic heterocycles. The van der Waals surface area contributed by atoms with Gasteiger partial charge in [-0.15, -0.1) is 0 Å². The molecule has 10 heteroatoms. The Morgan fingerprint density at radius 1 is 0.647 bits per heavy atom. The summed E-state index contributed by atoms with van der Waals surface area (Å²) in [5.41, 5.74) is -0.131. The van der Waals surface area contributed by atoms with Crippen molar-refractivity contribution in [2.45, 2.75) is 119 Å². The molecule has 0 unspecified atom stereocenters. The van der Waals surface area contributed by atoms with E-state index in [1.807, 2.05) is 0 Å². The van der Waals surface area contributed by atoms with Crippen LogP contribution in [0.25, 0.3) is 0 Å². The Labute approximate surface area is 205 Å². The molecule has 0 aliphatic rings. The number of hydrogen-bond acceptors (Lipinski definition) is 5. The summed E-state index contributed by atoms with van der Waals surface area (Å²) >= 11 is 0. The summed E-state index contributed by atoms with van der Waals surface area (Å²) in [5, 5.41) is 2.43. The van der Waals surface area contributed by atoms with Gasteiger partial charge in [-0.25, -0.2) is 0 Å². The Morgan fingerprint density at radius 2 is 1.00 bits per heavy atom. The van der Waals surface area contributed by atoms with Gasteiger partial charge in [-0.3, -0.25) is 13.9 Å². The molecule has 0 aliphatic carbocycles. The number of carbonyl (C=O) groups is 1. The van der Waals surface area contributed by atoms with Crippen molar-refractivity contribution in [2.24, 2.45) is 0 Å². The van der Waals surface area contributed by atoms with Crippen molar-refractivity contribution in [1.82, 2.24) is 0 Å². The van der Waals surface area contributed by atoms with Gasteiger partial charge in [-0.2, -0.15) is 16.8 Å². The maximum absolute atomic E-state index is 12.1. The highest BCUT2D eigenvalue weighted by atomic mass is 32.2. The Kier molecular flexibility index (Phi) is 14.6. The smallest absolute Gasteiger partial charge is 0.294 e. The van der Waals surface area contributed by atoms with Crippen LogP contribution in [0.1, 0.15) is 110 Å². The number of unbranched alkanes of at least 4 members (excludes halogenated alkanes) is 14. The van der Waals surface area contributed by atoms with Gasteiger partial charge in [0.1, 0.15) is 0 Å². The molecular weight excluding hydrogens is 478 g/mol. The van der Waals surface area contributed by atoms with Gasteiger partial charge in [0.05, 0.1) is 9.79 Å². The molecule has 0 radical (unpaired) electrons. The minimum absolute atomic E-state index is 0.131. The number of anilines is 1. The summed E-state index contributed by atoms with van der Waals surface area (Å²) < 4.78 is 63.7. The van der Waals surface area contributed by atoms with Crippen LogP contribution in [0, 0.1) is 0 Å². The third-order valence-corrected chi connectivity index (χ3v) is 7.43. The lowest BCUT2D eigenvalue weighted by Gasteiger charge is -2.09. The normalized spacial score (nSPS) is 12.1. The van der Waals surface area contributed by atoms with E-state index in [9.17, 15) is 30.7 Å². The van der Waals surface area contributed by atoms with Crippen LogP contribution in [0.5, 0.6) is 0 Å². The SMILES string of the molecule is CCCCCCCCCCCCCCCCCC(=O)Nc1cc(S(=O)(=O)O)cc(S(=O)(=O)O)c1. The van der Waals surface area contributed by atoms with Crippen molar-refractivity contribution in [3.63, 3.8) is 0 Å². The van der Waals surface area contributed by atoms with Crippen LogP contribution in [0.15, 0.2) is 28.0 Å². The van der Waals surface area contributed by atoms with Gasteiger partial charge in [0.15, 0.2) is 0 Å². The third-order valence-electron chi connectivity index (χ3n) is 5.77. The molecule has 0 atom stereocenters. The summed E-state index contributed by atoms with van der Waals surface area (Å²) in [6, 6.07) is 2.50. The summed E-state index contributed by atoms with van der Waals surface area (Å²) in [6.07, 6.45) is 18.4. The van der Waals surface area contributed by atoms with Gasteiger partial charge < -0.3 is 5.32 Å². The van der Waals surface area contributed by atoms with E-state index >= 15 is 0 Å². The summed E-state index contributed by atoms with van der Waals surface area (Å²) in [5.74, 6) is -0.400. The number of hydrogen-bond donors (Lipinski definition) is 3. The van der Waals surface area contributed by atoms with Gasteiger partial charge in [-0.05, 0) is 24.6 Å². The summed E-state index contributed by atoms with van der Waals surface area (Å²) in [4.78, 5) is 10.7. The van der Waals surface area contributed by atoms with Gasteiger partial charge >= 0.3 is 0 Å². The summed E-state index contributed by atoms with van der Waals surface area (Å²) in [7, 11) is -9.43. The van der Waals surface area contributed by atoms with Gasteiger partial charge in [0, 0.05) is 12.1 Å². The molecule has 0 aromatic heterocycles. The molecule has 34 heavy (non-hydrogen) atoms. The molecule has 0 saturated heterocycles. The van der Waals surface area contributed by atoms with E-state index in [-0.39, 0.29) is 12.1 Å². The molecule has 3 N–H and O–H groups in total. The van der Waals surface area contributed by atoms with E-state index in [1.54, 1.807) is 0 Å². The van der Waals surface area contributed by atoms with Crippen LogP contribution in [0.3, 0.4) is 0 Å². The van der Waals surface area contributed by atoms with Gasteiger partial charge in [0.25, 0.3) is 20.2 Å². The quantitative estimate of drug-likeness (QED) is 0.142. The average molecular weight is 520 g/mol. The zero-order chi connectivity index (χ0) is 25.5.